The van der Waals surface area contributed by atoms with Crippen molar-refractivity contribution in [1.82, 2.24) is 15.2 Å². The molecular weight excluding hydrogens is 627 g/mol. The van der Waals surface area contributed by atoms with Gasteiger partial charge in [-0.05, 0) is 75.2 Å². The Bertz CT molecular complexity index is 1700. The molecule has 1 aromatic heterocycles. The second kappa shape index (κ2) is 15.6. The van der Waals surface area contributed by atoms with E-state index in [1.54, 1.807) is 52.2 Å². The molecule has 2 amide bonds. The highest BCUT2D eigenvalue weighted by Gasteiger charge is 2.32. The number of esters is 2. The molecule has 0 bridgehead atoms. The van der Waals surface area contributed by atoms with Gasteiger partial charge in [0.15, 0.2) is 0 Å². The van der Waals surface area contributed by atoms with Crippen molar-refractivity contribution in [1.29, 1.82) is 0 Å². The topological polar surface area (TPSA) is 115 Å². The van der Waals surface area contributed by atoms with E-state index in [2.05, 4.69) is 10.3 Å². The second-order valence-corrected chi connectivity index (χ2v) is 11.6. The van der Waals surface area contributed by atoms with Gasteiger partial charge in [0.2, 0.25) is 5.91 Å². The first-order chi connectivity index (χ1) is 22.7. The maximum atomic E-state index is 13.5. The summed E-state index contributed by atoms with van der Waals surface area (Å²) in [5.74, 6) is -2.18. The van der Waals surface area contributed by atoms with Gasteiger partial charge in [0.05, 0.1) is 40.4 Å². The number of aromatic nitrogens is 1. The lowest BCUT2D eigenvalue weighted by Crippen LogP contribution is -2.46. The van der Waals surface area contributed by atoms with Gasteiger partial charge in [-0.3, -0.25) is 19.4 Å². The van der Waals surface area contributed by atoms with Gasteiger partial charge in [0.1, 0.15) is 5.75 Å². The number of halogens is 3. The molecule has 2 unspecified atom stereocenters. The molecule has 1 aliphatic carbocycles. The van der Waals surface area contributed by atoms with Gasteiger partial charge in [-0.25, -0.2) is 4.79 Å². The predicted molar refractivity (Wildman–Crippen MR) is 172 cm³/mol. The van der Waals surface area contributed by atoms with Crippen molar-refractivity contribution in [2.24, 2.45) is 5.92 Å². The van der Waals surface area contributed by atoms with Gasteiger partial charge in [-0.1, -0.05) is 35.9 Å². The van der Waals surface area contributed by atoms with E-state index >= 15 is 0 Å². The third-order valence-electron chi connectivity index (χ3n) is 7.37. The fraction of sp³-hybridized carbons (Fsp3) is 0.306. The van der Waals surface area contributed by atoms with Crippen LogP contribution in [-0.4, -0.2) is 59.9 Å². The minimum Gasteiger partial charge on any atom is -0.459 e. The predicted octanol–water partition coefficient (Wildman–Crippen LogP) is 6.41. The Hall–Kier alpha value is -5.26. The SMILES string of the molecule is CC(C)OC(=O)c1ccc(OC(=O)CCCC2=CC(C(=O)N(C)C)C(NC(=O)c3cccnc3-c3ccc(C(F)(F)F)cc3)C=C2)cc1. The van der Waals surface area contributed by atoms with Crippen LogP contribution in [0.25, 0.3) is 11.3 Å². The van der Waals surface area contributed by atoms with Crippen molar-refractivity contribution < 1.29 is 41.8 Å². The number of hydrogen-bond donors (Lipinski definition) is 1. The van der Waals surface area contributed by atoms with Crippen molar-refractivity contribution >= 4 is 23.8 Å². The molecule has 2 aromatic carbocycles. The number of amides is 2. The van der Waals surface area contributed by atoms with E-state index in [0.29, 0.717) is 29.7 Å². The highest BCUT2D eigenvalue weighted by atomic mass is 19.4. The molecule has 252 valence electrons. The summed E-state index contributed by atoms with van der Waals surface area (Å²) >= 11 is 0. The number of alkyl halides is 3. The van der Waals surface area contributed by atoms with Crippen molar-refractivity contribution in [3.8, 4) is 17.0 Å². The molecule has 0 radical (unpaired) electrons. The molecule has 12 heteroatoms. The van der Waals surface area contributed by atoms with Crippen LogP contribution in [0.5, 0.6) is 5.75 Å². The van der Waals surface area contributed by atoms with Crippen LogP contribution in [0.4, 0.5) is 13.2 Å². The van der Waals surface area contributed by atoms with Crippen LogP contribution in [0.2, 0.25) is 0 Å². The van der Waals surface area contributed by atoms with Gasteiger partial charge in [-0.2, -0.15) is 13.2 Å². The number of benzene rings is 2. The number of carbonyl (C=O) groups is 4. The Balaban J connectivity index is 1.38. The van der Waals surface area contributed by atoms with Gasteiger partial charge in [0, 0.05) is 32.3 Å². The fourth-order valence-corrected chi connectivity index (χ4v) is 4.99. The lowest BCUT2D eigenvalue weighted by atomic mass is 9.88. The summed E-state index contributed by atoms with van der Waals surface area (Å²) in [7, 11) is 3.21. The molecule has 0 saturated carbocycles. The average Bonchev–Trinajstić information content (AvgIpc) is 3.04. The number of hydrogen-bond acceptors (Lipinski definition) is 7. The van der Waals surface area contributed by atoms with Gasteiger partial charge >= 0.3 is 18.1 Å². The van der Waals surface area contributed by atoms with Gasteiger partial charge in [-0.15, -0.1) is 0 Å². The van der Waals surface area contributed by atoms with Crippen molar-refractivity contribution in [3.63, 3.8) is 0 Å². The highest BCUT2D eigenvalue weighted by Crippen LogP contribution is 2.31. The van der Waals surface area contributed by atoms with Crippen LogP contribution in [0, 0.1) is 5.92 Å². The van der Waals surface area contributed by atoms with E-state index in [1.165, 1.54) is 53.6 Å². The molecule has 1 N–H and O–H groups in total. The summed E-state index contributed by atoms with van der Waals surface area (Å²) in [6.07, 6.45) is 2.92. The van der Waals surface area contributed by atoms with Crippen LogP contribution in [0.3, 0.4) is 0 Å². The minimum atomic E-state index is -4.50. The van der Waals surface area contributed by atoms with Crippen LogP contribution >= 0.6 is 0 Å². The van der Waals surface area contributed by atoms with E-state index in [0.717, 1.165) is 17.7 Å². The summed E-state index contributed by atoms with van der Waals surface area (Å²) in [4.78, 5) is 56.8. The number of carbonyl (C=O) groups excluding carboxylic acids is 4. The number of allylic oxidation sites excluding steroid dienone is 2. The zero-order valence-electron chi connectivity index (χ0n) is 26.9. The molecule has 0 aliphatic heterocycles. The number of nitrogens with one attached hydrogen (secondary N) is 1. The lowest BCUT2D eigenvalue weighted by molar-refractivity contribution is -0.137. The van der Waals surface area contributed by atoms with Crippen LogP contribution in [0.15, 0.2) is 90.7 Å². The molecule has 0 spiro atoms. The summed E-state index contributed by atoms with van der Waals surface area (Å²) in [5, 5.41) is 2.87. The standard InChI is InChI=1S/C36H36F3N3O6/c1-22(2)47-35(46)25-13-17-27(18-14-25)48-31(43)9-5-7-23-10-19-30(29(21-23)34(45)42(3)4)41-33(44)28-8-6-20-40-32(28)24-11-15-26(16-12-24)36(37,38)39/h6,8,10-22,29-30H,5,7,9H2,1-4H3,(H,41,44). The summed E-state index contributed by atoms with van der Waals surface area (Å²) in [6.45, 7) is 3.50. The molecule has 9 nitrogen and oxygen atoms in total. The van der Waals surface area contributed by atoms with Crippen LogP contribution in [0.1, 0.15) is 59.4 Å². The zero-order valence-corrected chi connectivity index (χ0v) is 26.9. The summed E-state index contributed by atoms with van der Waals surface area (Å²) < 4.78 is 49.7. The molecule has 0 fully saturated rings. The molecule has 3 aromatic rings. The van der Waals surface area contributed by atoms with Gasteiger partial charge < -0.3 is 19.7 Å². The van der Waals surface area contributed by atoms with E-state index in [1.807, 2.05) is 0 Å². The third kappa shape index (κ3) is 9.40. The normalized spacial score (nSPS) is 15.8. The van der Waals surface area contributed by atoms with Crippen molar-refractivity contribution in [2.75, 3.05) is 14.1 Å². The monoisotopic (exact) mass is 663 g/mol. The molecule has 1 aliphatic rings. The molecule has 0 saturated heterocycles. The Morgan fingerprint density at radius 3 is 2.29 bits per heavy atom. The van der Waals surface area contributed by atoms with Crippen molar-refractivity contribution in [2.45, 2.75) is 51.4 Å². The number of nitrogens with zero attached hydrogens (tertiary/aromatic N) is 2. The Morgan fingerprint density at radius 2 is 1.67 bits per heavy atom. The first kappa shape index (κ1) is 35.6. The van der Waals surface area contributed by atoms with E-state index in [9.17, 15) is 32.3 Å². The summed E-state index contributed by atoms with van der Waals surface area (Å²) in [6, 6.07) is 12.8. The fourth-order valence-electron chi connectivity index (χ4n) is 4.99. The molecule has 48 heavy (non-hydrogen) atoms. The minimum absolute atomic E-state index is 0.0997. The Labute approximate surface area is 276 Å². The second-order valence-electron chi connectivity index (χ2n) is 11.6. The average molecular weight is 664 g/mol. The van der Waals surface area contributed by atoms with E-state index in [-0.39, 0.29) is 29.7 Å². The number of pyridine rings is 1. The van der Waals surface area contributed by atoms with Crippen LogP contribution in [-0.2, 0) is 20.5 Å². The van der Waals surface area contributed by atoms with Crippen LogP contribution < -0.4 is 10.1 Å². The van der Waals surface area contributed by atoms with E-state index in [4.69, 9.17) is 9.47 Å². The maximum Gasteiger partial charge on any atom is 0.416 e. The maximum absolute atomic E-state index is 13.5. The largest absolute Gasteiger partial charge is 0.459 e. The smallest absolute Gasteiger partial charge is 0.416 e. The molecular formula is C36H36F3N3O6. The molecule has 2 atom stereocenters. The highest BCUT2D eigenvalue weighted by molar-refractivity contribution is 6.00. The van der Waals surface area contributed by atoms with E-state index < -0.39 is 41.5 Å². The number of rotatable bonds is 11. The Kier molecular flexibility index (Phi) is 11.5. The quantitative estimate of drug-likeness (QED) is 0.186. The third-order valence-corrected chi connectivity index (χ3v) is 7.37. The first-order valence-corrected chi connectivity index (χ1v) is 15.3. The summed E-state index contributed by atoms with van der Waals surface area (Å²) in [5.41, 5.74) is 0.996. The molecule has 1 heterocycles. The lowest BCUT2D eigenvalue weighted by Gasteiger charge is -2.28. The Morgan fingerprint density at radius 1 is 0.979 bits per heavy atom. The first-order valence-electron chi connectivity index (χ1n) is 15.3. The van der Waals surface area contributed by atoms with Crippen molar-refractivity contribution in [3.05, 3.63) is 107 Å². The molecule has 4 rings (SSSR count). The zero-order chi connectivity index (χ0) is 35.0. The van der Waals surface area contributed by atoms with Gasteiger partial charge in [0.25, 0.3) is 5.91 Å². The number of ether oxygens (including phenoxy) is 2.